The lowest BCUT2D eigenvalue weighted by molar-refractivity contribution is -0.131. The molecule has 1 aliphatic carbocycles. The number of ether oxygens (including phenoxy) is 5. The van der Waals surface area contributed by atoms with E-state index in [0.29, 0.717) is 28.3 Å². The summed E-state index contributed by atoms with van der Waals surface area (Å²) in [6, 6.07) is 6.69. The molecule has 1 amide bonds. The van der Waals surface area contributed by atoms with Gasteiger partial charge in [0.2, 0.25) is 23.1 Å². The number of benzene rings is 2. The minimum atomic E-state index is -1.87. The number of nitrogens with one attached hydrogen (secondary N) is 1. The zero-order valence-corrected chi connectivity index (χ0v) is 21.8. The normalized spacial score (nSPS) is 24.3. The third kappa shape index (κ3) is 3.48. The fourth-order valence-electron chi connectivity index (χ4n) is 5.56. The summed E-state index contributed by atoms with van der Waals surface area (Å²) in [6.45, 7) is 1.74. The second kappa shape index (κ2) is 8.99. The number of halogens is 1. The SMILES string of the molecule is COc1ccc(C2CC(=O)NC3=C2C(=O)C2(Oc4c(Cl)c(OC)cc(OC)c4C2=O)C(C)C3)c(OC)c1. The number of fused-ring (bicyclic) bond motifs is 1. The van der Waals surface area contributed by atoms with Gasteiger partial charge in [-0.2, -0.15) is 0 Å². The zero-order valence-electron chi connectivity index (χ0n) is 21.0. The van der Waals surface area contributed by atoms with Gasteiger partial charge in [0.25, 0.3) is 0 Å². The van der Waals surface area contributed by atoms with Crippen LogP contribution in [0.3, 0.4) is 0 Å². The van der Waals surface area contributed by atoms with Gasteiger partial charge < -0.3 is 29.0 Å². The second-order valence-electron chi connectivity index (χ2n) is 9.21. The van der Waals surface area contributed by atoms with Gasteiger partial charge in [0.05, 0.1) is 28.4 Å². The summed E-state index contributed by atoms with van der Waals surface area (Å²) in [5.41, 5.74) is -0.362. The number of methoxy groups -OCH3 is 4. The average Bonchev–Trinajstić information content (AvgIpc) is 3.21. The fraction of sp³-hybridized carbons (Fsp3) is 0.370. The molecule has 5 rings (SSSR count). The molecule has 0 fully saturated rings. The zero-order chi connectivity index (χ0) is 26.6. The van der Waals surface area contributed by atoms with Gasteiger partial charge in [0.15, 0.2) is 5.75 Å². The number of ketones is 2. The molecule has 3 unspecified atom stereocenters. The third-order valence-corrected chi connectivity index (χ3v) is 7.73. The van der Waals surface area contributed by atoms with Crippen molar-refractivity contribution in [2.24, 2.45) is 5.92 Å². The van der Waals surface area contributed by atoms with Gasteiger partial charge in [0.1, 0.15) is 33.6 Å². The Kier molecular flexibility index (Phi) is 6.06. The van der Waals surface area contributed by atoms with Gasteiger partial charge in [-0.05, 0) is 12.5 Å². The molecule has 0 bridgehead atoms. The number of hydrogen-bond acceptors (Lipinski definition) is 8. The van der Waals surface area contributed by atoms with Crippen LogP contribution in [0, 0.1) is 5.92 Å². The van der Waals surface area contributed by atoms with Gasteiger partial charge in [-0.15, -0.1) is 0 Å². The van der Waals surface area contributed by atoms with Gasteiger partial charge in [-0.3, -0.25) is 14.4 Å². The van der Waals surface area contributed by atoms with Crippen LogP contribution < -0.4 is 29.0 Å². The minimum Gasteiger partial charge on any atom is -0.497 e. The summed E-state index contributed by atoms with van der Waals surface area (Å²) in [5, 5.41) is 2.93. The Labute approximate surface area is 218 Å². The van der Waals surface area contributed by atoms with Crippen molar-refractivity contribution in [3.05, 3.63) is 51.7 Å². The first-order chi connectivity index (χ1) is 17.7. The molecule has 1 spiro atoms. The Hall–Kier alpha value is -3.72. The largest absolute Gasteiger partial charge is 0.497 e. The standard InChI is InChI=1S/C27H26ClNO8/c1-12-8-16-21(15(10-20(30)29-16)14-7-6-13(33-2)9-17(14)34-3)25(31)27(12)26(32)22-18(35-4)11-19(36-5)23(28)24(22)37-27/h6-7,9,11-12,15H,8,10H2,1-5H3,(H,29,30). The van der Waals surface area contributed by atoms with Crippen LogP contribution in [0.2, 0.25) is 5.02 Å². The minimum absolute atomic E-state index is 0.00321. The van der Waals surface area contributed by atoms with E-state index in [0.717, 1.165) is 0 Å². The molecular formula is C27H26ClNO8. The Morgan fingerprint density at radius 2 is 1.62 bits per heavy atom. The van der Waals surface area contributed by atoms with E-state index < -0.39 is 29.0 Å². The molecule has 2 aliphatic heterocycles. The predicted molar refractivity (Wildman–Crippen MR) is 133 cm³/mol. The smallest absolute Gasteiger partial charge is 0.236 e. The summed E-state index contributed by atoms with van der Waals surface area (Å²) < 4.78 is 27.9. The van der Waals surface area contributed by atoms with Crippen molar-refractivity contribution in [3.63, 3.8) is 0 Å². The molecule has 0 radical (unpaired) electrons. The van der Waals surface area contributed by atoms with Crippen LogP contribution in [0.1, 0.15) is 41.6 Å². The van der Waals surface area contributed by atoms with Crippen molar-refractivity contribution in [3.8, 4) is 28.7 Å². The predicted octanol–water partition coefficient (Wildman–Crippen LogP) is 3.86. The van der Waals surface area contributed by atoms with E-state index in [2.05, 4.69) is 5.32 Å². The van der Waals surface area contributed by atoms with E-state index in [4.69, 9.17) is 35.3 Å². The number of hydrogen-bond donors (Lipinski definition) is 1. The first-order valence-electron chi connectivity index (χ1n) is 11.7. The molecule has 2 heterocycles. The molecule has 0 saturated carbocycles. The topological polar surface area (TPSA) is 109 Å². The maximum Gasteiger partial charge on any atom is 0.236 e. The van der Waals surface area contributed by atoms with Crippen molar-refractivity contribution in [1.29, 1.82) is 0 Å². The molecule has 3 atom stereocenters. The Bertz CT molecular complexity index is 1380. The van der Waals surface area contributed by atoms with E-state index in [1.165, 1.54) is 34.5 Å². The molecule has 3 aliphatic rings. The van der Waals surface area contributed by atoms with Crippen molar-refractivity contribution in [2.45, 2.75) is 31.3 Å². The molecule has 0 aromatic heterocycles. The van der Waals surface area contributed by atoms with Crippen LogP contribution in [0.25, 0.3) is 0 Å². The highest BCUT2D eigenvalue weighted by Gasteiger charge is 2.63. The van der Waals surface area contributed by atoms with Crippen LogP contribution in [-0.4, -0.2) is 51.5 Å². The number of carbonyl (C=O) groups excluding carboxylic acids is 3. The molecule has 1 N–H and O–H groups in total. The highest BCUT2D eigenvalue weighted by Crippen LogP contribution is 2.55. The summed E-state index contributed by atoms with van der Waals surface area (Å²) in [7, 11) is 5.89. The number of amides is 1. The maximum absolute atomic E-state index is 14.4. The molecule has 9 nitrogen and oxygen atoms in total. The number of rotatable bonds is 5. The highest BCUT2D eigenvalue weighted by atomic mass is 35.5. The van der Waals surface area contributed by atoms with E-state index in [-0.39, 0.29) is 46.6 Å². The summed E-state index contributed by atoms with van der Waals surface area (Å²) >= 11 is 6.53. The fourth-order valence-corrected chi connectivity index (χ4v) is 5.83. The van der Waals surface area contributed by atoms with E-state index in [9.17, 15) is 14.4 Å². The molecule has 194 valence electrons. The van der Waals surface area contributed by atoms with Crippen molar-refractivity contribution in [2.75, 3.05) is 28.4 Å². The number of allylic oxidation sites excluding steroid dienone is 1. The highest BCUT2D eigenvalue weighted by molar-refractivity contribution is 6.36. The molecule has 0 saturated heterocycles. The van der Waals surface area contributed by atoms with Gasteiger partial charge >= 0.3 is 0 Å². The molecule has 2 aromatic carbocycles. The molecule has 10 heteroatoms. The Morgan fingerprint density at radius 3 is 2.27 bits per heavy atom. The summed E-state index contributed by atoms with van der Waals surface area (Å²) in [6.07, 6.45) is 0.231. The Balaban J connectivity index is 1.67. The maximum atomic E-state index is 14.4. The average molecular weight is 528 g/mol. The lowest BCUT2D eigenvalue weighted by Crippen LogP contribution is -2.59. The van der Waals surface area contributed by atoms with Crippen LogP contribution in [0.4, 0.5) is 0 Å². The second-order valence-corrected chi connectivity index (χ2v) is 9.58. The van der Waals surface area contributed by atoms with Gasteiger partial charge in [-0.1, -0.05) is 24.6 Å². The monoisotopic (exact) mass is 527 g/mol. The van der Waals surface area contributed by atoms with Crippen molar-refractivity contribution in [1.82, 2.24) is 5.32 Å². The molecule has 37 heavy (non-hydrogen) atoms. The van der Waals surface area contributed by atoms with Crippen molar-refractivity contribution < 1.29 is 38.1 Å². The van der Waals surface area contributed by atoms with E-state index >= 15 is 0 Å². The number of Topliss-reactive ketones (excluding diaryl/α,β-unsaturated/α-hetero) is 2. The van der Waals surface area contributed by atoms with E-state index in [1.807, 2.05) is 0 Å². The van der Waals surface area contributed by atoms with Gasteiger partial charge in [-0.25, -0.2) is 0 Å². The summed E-state index contributed by atoms with van der Waals surface area (Å²) in [4.78, 5) is 41.2. The Morgan fingerprint density at radius 1 is 0.919 bits per heavy atom. The van der Waals surface area contributed by atoms with E-state index in [1.54, 1.807) is 25.1 Å². The van der Waals surface area contributed by atoms with Crippen LogP contribution in [-0.2, 0) is 9.59 Å². The third-order valence-electron chi connectivity index (χ3n) is 7.37. The van der Waals surface area contributed by atoms with Crippen LogP contribution >= 0.6 is 11.6 Å². The number of carbonyl (C=O) groups is 3. The quantitative estimate of drug-likeness (QED) is 0.584. The lowest BCUT2D eigenvalue weighted by Gasteiger charge is -2.41. The van der Waals surface area contributed by atoms with Crippen LogP contribution in [0.5, 0.6) is 28.7 Å². The lowest BCUT2D eigenvalue weighted by atomic mass is 9.66. The first kappa shape index (κ1) is 25.0. The summed E-state index contributed by atoms with van der Waals surface area (Å²) in [5.74, 6) is -1.03. The molecular weight excluding hydrogens is 502 g/mol. The van der Waals surface area contributed by atoms with Crippen LogP contribution in [0.15, 0.2) is 35.5 Å². The first-order valence-corrected chi connectivity index (χ1v) is 12.1. The van der Waals surface area contributed by atoms with Crippen molar-refractivity contribution >= 4 is 29.1 Å². The molecule has 2 aromatic rings. The van der Waals surface area contributed by atoms with Gasteiger partial charge in [0, 0.05) is 47.2 Å².